The average molecular weight is 755 g/mol. The van der Waals surface area contributed by atoms with Gasteiger partial charge in [-0.3, -0.25) is 15.1 Å². The van der Waals surface area contributed by atoms with Crippen LogP contribution in [0.3, 0.4) is 0 Å². The number of aliphatic hydroxyl groups excluding tert-OH is 3. The second-order valence-electron chi connectivity index (χ2n) is 16.7. The molecular formula is C46H50N4O6. The lowest BCUT2D eigenvalue weighted by atomic mass is 9.73. The van der Waals surface area contributed by atoms with E-state index in [2.05, 4.69) is 40.3 Å². The zero-order valence-electron chi connectivity index (χ0n) is 31.8. The van der Waals surface area contributed by atoms with Gasteiger partial charge in [-0.05, 0) is 83.5 Å². The molecule has 0 radical (unpaired) electrons. The van der Waals surface area contributed by atoms with Crippen LogP contribution in [0.15, 0.2) is 70.5 Å². The lowest BCUT2D eigenvalue weighted by Crippen LogP contribution is -2.47. The van der Waals surface area contributed by atoms with Crippen LogP contribution in [0.25, 0.3) is 0 Å². The maximum absolute atomic E-state index is 13.1. The maximum Gasteiger partial charge on any atom is 0.187 e. The van der Waals surface area contributed by atoms with Crippen molar-refractivity contribution in [2.45, 2.75) is 102 Å². The van der Waals surface area contributed by atoms with Gasteiger partial charge in [-0.15, -0.1) is 0 Å². The third-order valence-electron chi connectivity index (χ3n) is 13.0. The number of Topliss-reactive ketones (excluding diaryl/α,β-unsaturated/α-hetero) is 1. The number of hydrogen-bond donors (Lipinski definition) is 5. The third-order valence-corrected chi connectivity index (χ3v) is 13.0. The lowest BCUT2D eigenvalue weighted by molar-refractivity contribution is -0.122. The molecule has 0 aromatic heterocycles. The number of hydrogen-bond acceptors (Lipinski definition) is 10. The van der Waals surface area contributed by atoms with Crippen molar-refractivity contribution in [3.63, 3.8) is 0 Å². The second kappa shape index (κ2) is 15.0. The van der Waals surface area contributed by atoms with Crippen LogP contribution in [-0.4, -0.2) is 63.7 Å². The van der Waals surface area contributed by atoms with E-state index in [0.717, 1.165) is 77.7 Å². The first kappa shape index (κ1) is 36.9. The fourth-order valence-corrected chi connectivity index (χ4v) is 9.87. The fourth-order valence-electron chi connectivity index (χ4n) is 9.87. The molecule has 5 heterocycles. The molecule has 2 aromatic rings. The van der Waals surface area contributed by atoms with Crippen molar-refractivity contribution in [2.75, 3.05) is 13.1 Å². The van der Waals surface area contributed by atoms with E-state index in [-0.39, 0.29) is 30.7 Å². The molecule has 1 spiro atoms. The molecule has 9 rings (SSSR count). The Balaban J connectivity index is 1.05. The highest BCUT2D eigenvalue weighted by Crippen LogP contribution is 2.49. The van der Waals surface area contributed by atoms with E-state index in [1.807, 2.05) is 55.6 Å². The van der Waals surface area contributed by atoms with Crippen LogP contribution in [-0.2, 0) is 24.1 Å². The number of benzene rings is 2. The highest BCUT2D eigenvalue weighted by atomic mass is 16.5. The van der Waals surface area contributed by atoms with Crippen molar-refractivity contribution in [2.24, 2.45) is 33.9 Å². The molecule has 2 bridgehead atoms. The molecule has 10 nitrogen and oxygen atoms in total. The molecule has 6 N–H and O–H groups in total. The van der Waals surface area contributed by atoms with Gasteiger partial charge < -0.3 is 35.4 Å². The number of aliphatic hydroxyl groups is 3. The van der Waals surface area contributed by atoms with Gasteiger partial charge in [-0.2, -0.15) is 0 Å². The summed E-state index contributed by atoms with van der Waals surface area (Å²) in [6, 6.07) is 9.70. The Labute approximate surface area is 328 Å². The molecule has 56 heavy (non-hydrogen) atoms. The van der Waals surface area contributed by atoms with Gasteiger partial charge in [-0.1, -0.05) is 67.9 Å². The van der Waals surface area contributed by atoms with Crippen LogP contribution in [0, 0.1) is 47.0 Å². The number of allylic oxidation sites excluding steroid dienone is 2. The number of ketones is 1. The molecule has 0 saturated heterocycles. The highest BCUT2D eigenvalue weighted by Gasteiger charge is 2.48. The standard InChI is InChI=1S/C46H50N4O6/c1-27-4-8-34(40(53)20-27)41(54)23-30(51)7-5-28-6-13-42-43(21-28)56-45-37(46(17-19-55-42)15-2-3-16-46)11-12-39(52)32-9-10-33-31(14-18-48-44(33)47)35(32)22-29-24-49-38-26-50(45)25-36(29)38/h4,6,8-10,13,21,24,26-27,34,37,39-41,44-45,48,52-54H,2-3,5,7,14-16,18,20,22-23,25,47H2,1H3/t27-,34+,37-,39+,40+,41+,44-,45-/m1/s1. The monoisotopic (exact) mass is 754 g/mol. The Kier molecular flexibility index (Phi) is 9.89. The van der Waals surface area contributed by atoms with Crippen molar-refractivity contribution in [1.29, 1.82) is 0 Å². The number of aliphatic imine (C=N–C) groups is 1. The number of carbonyl (C=O) groups is 1. The second-order valence-corrected chi connectivity index (χ2v) is 16.7. The van der Waals surface area contributed by atoms with Crippen LogP contribution in [0.5, 0.6) is 11.5 Å². The Morgan fingerprint density at radius 2 is 1.95 bits per heavy atom. The minimum atomic E-state index is -1.03. The van der Waals surface area contributed by atoms with Gasteiger partial charge in [-0.25, -0.2) is 0 Å². The van der Waals surface area contributed by atoms with Crippen LogP contribution >= 0.6 is 0 Å². The molecule has 0 amide bonds. The first-order valence-electron chi connectivity index (χ1n) is 20.3. The van der Waals surface area contributed by atoms with Crippen LogP contribution in [0.2, 0.25) is 0 Å². The quantitative estimate of drug-likeness (QED) is 0.209. The molecule has 1 saturated carbocycles. The molecule has 8 atom stereocenters. The molecule has 5 aliphatic heterocycles. The van der Waals surface area contributed by atoms with E-state index in [1.165, 1.54) is 5.56 Å². The average Bonchev–Trinajstić information content (AvgIpc) is 3.92. The summed E-state index contributed by atoms with van der Waals surface area (Å²) in [4.78, 5) is 20.2. The Morgan fingerprint density at radius 3 is 2.79 bits per heavy atom. The zero-order chi connectivity index (χ0) is 38.6. The smallest absolute Gasteiger partial charge is 0.187 e. The number of nitrogens with two attached hydrogens (primary N) is 1. The number of carbonyl (C=O) groups excluding carboxylic acids is 1. The topological polar surface area (TPSA) is 150 Å². The van der Waals surface area contributed by atoms with Crippen molar-refractivity contribution in [3.8, 4) is 35.4 Å². The van der Waals surface area contributed by atoms with Gasteiger partial charge in [0.05, 0.1) is 35.4 Å². The molecule has 7 aliphatic rings. The summed E-state index contributed by atoms with van der Waals surface area (Å²) in [5.74, 6) is 10.7. The number of ether oxygens (including phenoxy) is 2. The maximum atomic E-state index is 13.1. The Morgan fingerprint density at radius 1 is 1.11 bits per heavy atom. The number of nitrogens with zero attached hydrogens (tertiary/aromatic N) is 2. The summed E-state index contributed by atoms with van der Waals surface area (Å²) in [6.45, 7) is 3.38. The van der Waals surface area contributed by atoms with E-state index < -0.39 is 41.8 Å². The Hall–Kier alpha value is -4.68. The summed E-state index contributed by atoms with van der Waals surface area (Å²) in [5.41, 5.74) is 14.1. The molecule has 0 unspecified atom stereocenters. The minimum absolute atomic E-state index is 0.0153. The van der Waals surface area contributed by atoms with Crippen molar-refractivity contribution >= 4 is 12.0 Å². The highest BCUT2D eigenvalue weighted by molar-refractivity contribution is 5.88. The molecule has 2 aromatic carbocycles. The number of aryl methyl sites for hydroxylation is 1. The number of fused-ring (bicyclic) bond motifs is 8. The van der Waals surface area contributed by atoms with Gasteiger partial charge >= 0.3 is 0 Å². The summed E-state index contributed by atoms with van der Waals surface area (Å²) in [6.07, 6.45) is 13.8. The van der Waals surface area contributed by atoms with Gasteiger partial charge in [0, 0.05) is 56.3 Å². The van der Waals surface area contributed by atoms with Crippen molar-refractivity contribution in [1.82, 2.24) is 10.2 Å². The van der Waals surface area contributed by atoms with Gasteiger partial charge in [0.15, 0.2) is 17.7 Å². The third kappa shape index (κ3) is 6.89. The van der Waals surface area contributed by atoms with Crippen LogP contribution in [0.1, 0.15) is 92.0 Å². The predicted octanol–water partition coefficient (Wildman–Crippen LogP) is 4.68. The summed E-state index contributed by atoms with van der Waals surface area (Å²) in [5, 5.41) is 36.6. The summed E-state index contributed by atoms with van der Waals surface area (Å²) >= 11 is 0. The van der Waals surface area contributed by atoms with Gasteiger partial charge in [0.1, 0.15) is 18.0 Å². The molecule has 290 valence electrons. The molecule has 10 heteroatoms. The zero-order valence-corrected chi connectivity index (χ0v) is 31.8. The Bertz CT molecular complexity index is 2180. The van der Waals surface area contributed by atoms with Gasteiger partial charge in [0.25, 0.3) is 0 Å². The first-order chi connectivity index (χ1) is 27.2. The lowest BCUT2D eigenvalue weighted by Gasteiger charge is -2.39. The fraction of sp³-hybridized carbons (Fsp3) is 0.478. The van der Waals surface area contributed by atoms with E-state index in [0.29, 0.717) is 37.3 Å². The van der Waals surface area contributed by atoms with Crippen LogP contribution in [0.4, 0.5) is 0 Å². The normalized spacial score (nSPS) is 29.8. The van der Waals surface area contributed by atoms with E-state index in [9.17, 15) is 20.1 Å². The van der Waals surface area contributed by atoms with E-state index in [1.54, 1.807) is 0 Å². The van der Waals surface area contributed by atoms with E-state index >= 15 is 0 Å². The largest absolute Gasteiger partial charge is 0.465 e. The minimum Gasteiger partial charge on any atom is -0.465 e. The SMILES string of the molecule is C[C@@H]1C=C[C@H]([C@@H](O)CC(=O)CCc2ccc3c(c2)O[C@@H]2[C@@H](C#C[C@H](O)c4ccc5c(c4CC4=C6CN2C=C6N=C4)CCN[C@H]5N)C2(C#CO3)CCCC2)[C@@H](O)C1. The van der Waals surface area contributed by atoms with Crippen molar-refractivity contribution in [3.05, 3.63) is 93.3 Å². The molecular weight excluding hydrogens is 705 g/mol. The summed E-state index contributed by atoms with van der Waals surface area (Å²) < 4.78 is 13.2. The first-order valence-corrected chi connectivity index (χ1v) is 20.3. The number of nitrogens with one attached hydrogen (secondary N) is 1. The number of rotatable bonds is 6. The molecule has 2 aliphatic carbocycles. The predicted molar refractivity (Wildman–Crippen MR) is 212 cm³/mol. The van der Waals surface area contributed by atoms with E-state index in [4.69, 9.17) is 20.2 Å². The van der Waals surface area contributed by atoms with Gasteiger partial charge in [0.2, 0.25) is 0 Å². The van der Waals surface area contributed by atoms with Crippen LogP contribution < -0.4 is 20.5 Å². The molecule has 1 fully saturated rings. The summed E-state index contributed by atoms with van der Waals surface area (Å²) in [7, 11) is 0. The van der Waals surface area contributed by atoms with Crippen molar-refractivity contribution < 1.29 is 29.6 Å².